The van der Waals surface area contributed by atoms with Gasteiger partial charge in [-0.05, 0) is 34.9 Å². The molecule has 0 aliphatic carbocycles. The Balaban J connectivity index is 0.00000432. The SMILES string of the molecule is Cl.O=C(OCc1cccnc1)C(OCc1ccc(-c2ccc(Cl)cc2)cc1)(C(F)(F)F)C(F)(F)F. The smallest absolute Gasteiger partial charge is 0.437 e. The second-order valence-electron chi connectivity index (χ2n) is 7.11. The summed E-state index contributed by atoms with van der Waals surface area (Å²) in [6, 6.07) is 14.9. The monoisotopic (exact) mass is 539 g/mol. The molecule has 0 radical (unpaired) electrons. The molecule has 1 aromatic heterocycles. The zero-order valence-corrected chi connectivity index (χ0v) is 19.1. The standard InChI is InChI=1S/C23H16ClF6NO3.ClH/c24-19-9-7-18(8-10-19)17-5-3-15(4-6-17)14-34-21(22(25,26)27,23(28,29)30)20(32)33-13-16-2-1-11-31-12-16;/h1-12H,13-14H2;1H. The molecule has 0 aliphatic rings. The lowest BCUT2D eigenvalue weighted by Gasteiger charge is -2.34. The summed E-state index contributed by atoms with van der Waals surface area (Å²) in [5.41, 5.74) is -3.70. The topological polar surface area (TPSA) is 48.4 Å². The number of hydrogen-bond donors (Lipinski definition) is 0. The number of carbonyl (C=O) groups is 1. The van der Waals surface area contributed by atoms with E-state index in [9.17, 15) is 31.1 Å². The van der Waals surface area contributed by atoms with Gasteiger partial charge in [0.05, 0.1) is 6.61 Å². The minimum Gasteiger partial charge on any atom is -0.458 e. The summed E-state index contributed by atoms with van der Waals surface area (Å²) in [6.07, 6.45) is -9.80. The summed E-state index contributed by atoms with van der Waals surface area (Å²) >= 11 is 5.82. The Morgan fingerprint density at radius 1 is 0.800 bits per heavy atom. The first-order chi connectivity index (χ1) is 15.9. The highest BCUT2D eigenvalue weighted by molar-refractivity contribution is 6.30. The fourth-order valence-electron chi connectivity index (χ4n) is 2.98. The van der Waals surface area contributed by atoms with Crippen molar-refractivity contribution in [3.05, 3.63) is 89.2 Å². The van der Waals surface area contributed by atoms with Gasteiger partial charge in [-0.1, -0.05) is 54.1 Å². The number of benzene rings is 2. The summed E-state index contributed by atoms with van der Waals surface area (Å²) in [7, 11) is 0. The minimum absolute atomic E-state index is 0. The van der Waals surface area contributed by atoms with E-state index in [2.05, 4.69) is 14.5 Å². The van der Waals surface area contributed by atoms with Crippen LogP contribution in [0.3, 0.4) is 0 Å². The molecule has 0 N–H and O–H groups in total. The van der Waals surface area contributed by atoms with Crippen LogP contribution in [0, 0.1) is 0 Å². The zero-order valence-electron chi connectivity index (χ0n) is 17.6. The van der Waals surface area contributed by atoms with Gasteiger partial charge in [0.25, 0.3) is 0 Å². The fourth-order valence-corrected chi connectivity index (χ4v) is 3.10. The number of esters is 1. The van der Waals surface area contributed by atoms with E-state index in [1.165, 1.54) is 42.6 Å². The van der Waals surface area contributed by atoms with Crippen LogP contribution in [0.4, 0.5) is 26.3 Å². The van der Waals surface area contributed by atoms with E-state index in [1.54, 1.807) is 24.3 Å². The number of nitrogens with zero attached hydrogens (tertiary/aromatic N) is 1. The van der Waals surface area contributed by atoms with Crippen molar-refractivity contribution in [1.82, 2.24) is 4.98 Å². The highest BCUT2D eigenvalue weighted by Crippen LogP contribution is 2.47. The van der Waals surface area contributed by atoms with Crippen molar-refractivity contribution in [2.75, 3.05) is 0 Å². The van der Waals surface area contributed by atoms with Crippen LogP contribution in [0.25, 0.3) is 11.1 Å². The van der Waals surface area contributed by atoms with Gasteiger partial charge < -0.3 is 9.47 Å². The predicted molar refractivity (Wildman–Crippen MR) is 118 cm³/mol. The van der Waals surface area contributed by atoms with Gasteiger partial charge in [0.2, 0.25) is 0 Å². The Morgan fingerprint density at radius 2 is 1.34 bits per heavy atom. The molecular weight excluding hydrogens is 523 g/mol. The van der Waals surface area contributed by atoms with E-state index in [4.69, 9.17) is 11.6 Å². The lowest BCUT2D eigenvalue weighted by Crippen LogP contribution is -2.64. The molecule has 0 unspecified atom stereocenters. The van der Waals surface area contributed by atoms with Crippen molar-refractivity contribution >= 4 is 30.0 Å². The summed E-state index contributed by atoms with van der Waals surface area (Å²) in [5, 5.41) is 0.500. The number of alkyl halides is 6. The van der Waals surface area contributed by atoms with Gasteiger partial charge in [-0.3, -0.25) is 4.98 Å². The van der Waals surface area contributed by atoms with Crippen LogP contribution in [0.5, 0.6) is 0 Å². The minimum atomic E-state index is -6.14. The van der Waals surface area contributed by atoms with E-state index in [-0.39, 0.29) is 23.5 Å². The number of halogens is 8. The second-order valence-corrected chi connectivity index (χ2v) is 7.54. The third-order valence-corrected chi connectivity index (χ3v) is 5.02. The molecule has 12 heteroatoms. The number of rotatable bonds is 7. The number of aromatic nitrogens is 1. The predicted octanol–water partition coefficient (Wildman–Crippen LogP) is 6.95. The zero-order chi connectivity index (χ0) is 25.0. The van der Waals surface area contributed by atoms with E-state index < -0.39 is 37.1 Å². The van der Waals surface area contributed by atoms with Crippen molar-refractivity contribution in [3.8, 4) is 11.1 Å². The number of ether oxygens (including phenoxy) is 2. The summed E-state index contributed by atoms with van der Waals surface area (Å²) in [6.45, 7) is -2.00. The van der Waals surface area contributed by atoms with Crippen LogP contribution >= 0.6 is 24.0 Å². The average Bonchev–Trinajstić information content (AvgIpc) is 2.78. The molecular formula is C23H17Cl2F6NO3. The average molecular weight is 540 g/mol. The molecule has 0 saturated carbocycles. The lowest BCUT2D eigenvalue weighted by atomic mass is 10.0. The maximum Gasteiger partial charge on any atom is 0.437 e. The maximum absolute atomic E-state index is 13.7. The molecule has 0 amide bonds. The maximum atomic E-state index is 13.7. The first-order valence-electron chi connectivity index (χ1n) is 9.62. The van der Waals surface area contributed by atoms with Crippen LogP contribution in [0.2, 0.25) is 5.02 Å². The van der Waals surface area contributed by atoms with Crippen molar-refractivity contribution < 1.29 is 40.6 Å². The lowest BCUT2D eigenvalue weighted by molar-refractivity contribution is -0.372. The molecule has 188 valence electrons. The summed E-state index contributed by atoms with van der Waals surface area (Å²) in [4.78, 5) is 15.9. The number of carbonyl (C=O) groups excluding carboxylic acids is 1. The van der Waals surface area contributed by atoms with Crippen molar-refractivity contribution in [2.24, 2.45) is 0 Å². The van der Waals surface area contributed by atoms with Gasteiger partial charge in [0.1, 0.15) is 6.61 Å². The van der Waals surface area contributed by atoms with Crippen molar-refractivity contribution in [3.63, 3.8) is 0 Å². The Hall–Kier alpha value is -2.82. The third kappa shape index (κ3) is 6.45. The van der Waals surface area contributed by atoms with E-state index in [0.717, 1.165) is 11.8 Å². The molecule has 0 saturated heterocycles. The van der Waals surface area contributed by atoms with Gasteiger partial charge in [0.15, 0.2) is 0 Å². The van der Waals surface area contributed by atoms with Gasteiger partial charge in [0, 0.05) is 23.0 Å². The Labute approximate surface area is 207 Å². The molecule has 35 heavy (non-hydrogen) atoms. The molecule has 1 heterocycles. The largest absolute Gasteiger partial charge is 0.458 e. The van der Waals surface area contributed by atoms with Gasteiger partial charge in [-0.25, -0.2) is 4.79 Å². The summed E-state index contributed by atoms with van der Waals surface area (Å²) < 4.78 is 90.9. The van der Waals surface area contributed by atoms with Crippen LogP contribution in [0.15, 0.2) is 73.1 Å². The molecule has 0 spiro atoms. The van der Waals surface area contributed by atoms with E-state index in [0.29, 0.717) is 10.6 Å². The Morgan fingerprint density at radius 3 is 1.83 bits per heavy atom. The molecule has 0 bridgehead atoms. The van der Waals surface area contributed by atoms with Crippen LogP contribution in [-0.4, -0.2) is 28.9 Å². The Bertz CT molecular complexity index is 1090. The van der Waals surface area contributed by atoms with Crippen LogP contribution < -0.4 is 0 Å². The van der Waals surface area contributed by atoms with E-state index >= 15 is 0 Å². The molecule has 0 aliphatic heterocycles. The quantitative estimate of drug-likeness (QED) is 0.241. The molecule has 0 fully saturated rings. The van der Waals surface area contributed by atoms with E-state index in [1.807, 2.05) is 0 Å². The first-order valence-corrected chi connectivity index (χ1v) is 10.0. The third-order valence-electron chi connectivity index (χ3n) is 4.77. The molecule has 2 aromatic carbocycles. The normalized spacial score (nSPS) is 12.1. The summed E-state index contributed by atoms with van der Waals surface area (Å²) in [5.74, 6) is -2.62. The molecule has 0 atom stereocenters. The molecule has 3 rings (SSSR count). The van der Waals surface area contributed by atoms with Crippen LogP contribution in [-0.2, 0) is 27.5 Å². The molecule has 3 aromatic rings. The van der Waals surface area contributed by atoms with Crippen molar-refractivity contribution in [2.45, 2.75) is 31.2 Å². The van der Waals surface area contributed by atoms with Crippen LogP contribution in [0.1, 0.15) is 11.1 Å². The fraction of sp³-hybridized carbons (Fsp3) is 0.217. The second kappa shape index (κ2) is 11.3. The highest BCUT2D eigenvalue weighted by atomic mass is 35.5. The van der Waals surface area contributed by atoms with Crippen molar-refractivity contribution in [1.29, 1.82) is 0 Å². The Kier molecular flexibility index (Phi) is 9.16. The number of pyridine rings is 1. The first kappa shape index (κ1) is 28.4. The highest BCUT2D eigenvalue weighted by Gasteiger charge is 2.78. The number of hydrogen-bond acceptors (Lipinski definition) is 4. The van der Waals surface area contributed by atoms with Gasteiger partial charge >= 0.3 is 23.9 Å². The molecule has 4 nitrogen and oxygen atoms in total. The van der Waals surface area contributed by atoms with Gasteiger partial charge in [-0.15, -0.1) is 12.4 Å². The van der Waals surface area contributed by atoms with Gasteiger partial charge in [-0.2, -0.15) is 26.3 Å².